The van der Waals surface area contributed by atoms with Gasteiger partial charge in [0.2, 0.25) is 5.91 Å². The average molecular weight is 271 g/mol. The number of ether oxygens (including phenoxy) is 1. The third kappa shape index (κ3) is 5.19. The Morgan fingerprint density at radius 2 is 1.68 bits per heavy atom. The molecule has 1 rings (SSSR count). The Labute approximate surface area is 114 Å². The van der Waals surface area contributed by atoms with Crippen LogP contribution in [0, 0.1) is 0 Å². The molecule has 5 nitrogen and oxygen atoms in total. The van der Waals surface area contributed by atoms with Crippen LogP contribution in [-0.2, 0) is 14.3 Å². The van der Waals surface area contributed by atoms with Crippen LogP contribution in [0.5, 0.6) is 0 Å². The lowest BCUT2D eigenvalue weighted by Crippen LogP contribution is -2.55. The third-order valence-corrected chi connectivity index (χ3v) is 3.38. The Morgan fingerprint density at radius 3 is 2.11 bits per heavy atom. The van der Waals surface area contributed by atoms with Crippen molar-refractivity contribution in [3.63, 3.8) is 0 Å². The van der Waals surface area contributed by atoms with Crippen LogP contribution in [0.3, 0.4) is 0 Å². The standard InChI is InChI=1S/C14H25NO4/c1-13(2,3)19-10-11(16)15-14(12(17)18)8-6-4-5-7-9-14/h4-10H2,1-3H3,(H,15,16)(H,17,18). The molecule has 1 aliphatic carbocycles. The monoisotopic (exact) mass is 271 g/mol. The Hall–Kier alpha value is -1.10. The van der Waals surface area contributed by atoms with Gasteiger partial charge in [-0.25, -0.2) is 4.79 Å². The molecule has 0 aromatic rings. The molecule has 1 saturated carbocycles. The van der Waals surface area contributed by atoms with Crippen molar-refractivity contribution in [1.29, 1.82) is 0 Å². The second-order valence-corrected chi connectivity index (χ2v) is 6.25. The second kappa shape index (κ2) is 6.37. The molecule has 2 N–H and O–H groups in total. The van der Waals surface area contributed by atoms with Crippen molar-refractivity contribution < 1.29 is 19.4 Å². The predicted molar refractivity (Wildman–Crippen MR) is 71.9 cm³/mol. The summed E-state index contributed by atoms with van der Waals surface area (Å²) in [5.41, 5.74) is -1.51. The zero-order valence-corrected chi connectivity index (χ0v) is 12.1. The van der Waals surface area contributed by atoms with Crippen molar-refractivity contribution in [3.8, 4) is 0 Å². The van der Waals surface area contributed by atoms with Gasteiger partial charge in [-0.3, -0.25) is 4.79 Å². The van der Waals surface area contributed by atoms with Crippen LogP contribution in [0.1, 0.15) is 59.3 Å². The third-order valence-electron chi connectivity index (χ3n) is 3.38. The van der Waals surface area contributed by atoms with E-state index in [0.717, 1.165) is 25.7 Å². The summed E-state index contributed by atoms with van der Waals surface area (Å²) in [7, 11) is 0. The summed E-state index contributed by atoms with van der Waals surface area (Å²) < 4.78 is 5.38. The first-order valence-corrected chi connectivity index (χ1v) is 6.94. The highest BCUT2D eigenvalue weighted by Crippen LogP contribution is 2.27. The molecule has 0 saturated heterocycles. The highest BCUT2D eigenvalue weighted by atomic mass is 16.5. The number of carboxylic acid groups (broad SMARTS) is 1. The minimum absolute atomic E-state index is 0.0987. The topological polar surface area (TPSA) is 75.6 Å². The fraction of sp³-hybridized carbons (Fsp3) is 0.857. The fourth-order valence-corrected chi connectivity index (χ4v) is 2.31. The van der Waals surface area contributed by atoms with Gasteiger partial charge in [0, 0.05) is 0 Å². The molecule has 0 aliphatic heterocycles. The Balaban J connectivity index is 2.62. The molecule has 0 spiro atoms. The average Bonchev–Trinajstić information content (AvgIpc) is 2.52. The molecule has 110 valence electrons. The van der Waals surface area contributed by atoms with E-state index in [1.807, 2.05) is 20.8 Å². The van der Waals surface area contributed by atoms with Gasteiger partial charge in [0.05, 0.1) is 5.60 Å². The minimum Gasteiger partial charge on any atom is -0.480 e. The summed E-state index contributed by atoms with van der Waals surface area (Å²) in [5.74, 6) is -1.28. The lowest BCUT2D eigenvalue weighted by atomic mass is 9.90. The number of rotatable bonds is 4. The first-order chi connectivity index (χ1) is 8.75. The molecule has 0 bridgehead atoms. The van der Waals surface area contributed by atoms with E-state index in [0.29, 0.717) is 12.8 Å². The van der Waals surface area contributed by atoms with Crippen molar-refractivity contribution in [1.82, 2.24) is 5.32 Å². The first-order valence-electron chi connectivity index (χ1n) is 6.94. The Kier molecular flexibility index (Phi) is 5.35. The smallest absolute Gasteiger partial charge is 0.329 e. The number of carbonyl (C=O) groups is 2. The van der Waals surface area contributed by atoms with Crippen LogP contribution in [-0.4, -0.2) is 34.7 Å². The van der Waals surface area contributed by atoms with Gasteiger partial charge < -0.3 is 15.2 Å². The molecule has 0 unspecified atom stereocenters. The highest BCUT2D eigenvalue weighted by Gasteiger charge is 2.40. The zero-order chi connectivity index (χ0) is 14.5. The van der Waals surface area contributed by atoms with E-state index in [2.05, 4.69) is 5.32 Å². The molecule has 0 atom stereocenters. The molecule has 0 aromatic heterocycles. The van der Waals surface area contributed by atoms with Crippen molar-refractivity contribution in [2.75, 3.05) is 6.61 Å². The van der Waals surface area contributed by atoms with E-state index < -0.39 is 17.1 Å². The quantitative estimate of drug-likeness (QED) is 0.768. The predicted octanol–water partition coefficient (Wildman–Crippen LogP) is 2.10. The number of nitrogens with one attached hydrogen (secondary N) is 1. The highest BCUT2D eigenvalue weighted by molar-refractivity contribution is 5.87. The van der Waals surface area contributed by atoms with Crippen LogP contribution < -0.4 is 5.32 Å². The summed E-state index contributed by atoms with van der Waals surface area (Å²) in [6, 6.07) is 0. The molecule has 1 amide bonds. The number of hydrogen-bond donors (Lipinski definition) is 2. The van der Waals surface area contributed by atoms with Gasteiger partial charge in [0.1, 0.15) is 12.1 Å². The largest absolute Gasteiger partial charge is 0.480 e. The van der Waals surface area contributed by atoms with Crippen molar-refractivity contribution in [3.05, 3.63) is 0 Å². The molecular weight excluding hydrogens is 246 g/mol. The Morgan fingerprint density at radius 1 is 1.16 bits per heavy atom. The van der Waals surface area contributed by atoms with E-state index in [4.69, 9.17) is 4.74 Å². The van der Waals surface area contributed by atoms with Gasteiger partial charge in [0.15, 0.2) is 0 Å². The number of amides is 1. The molecule has 0 heterocycles. The molecule has 19 heavy (non-hydrogen) atoms. The van der Waals surface area contributed by atoms with E-state index >= 15 is 0 Å². The number of hydrogen-bond acceptors (Lipinski definition) is 3. The molecule has 1 fully saturated rings. The van der Waals surface area contributed by atoms with Crippen molar-refractivity contribution in [2.45, 2.75) is 70.4 Å². The summed E-state index contributed by atoms with van der Waals surface area (Å²) in [6.07, 6.45) is 4.75. The van der Waals surface area contributed by atoms with Gasteiger partial charge in [0.25, 0.3) is 0 Å². The summed E-state index contributed by atoms with van der Waals surface area (Å²) >= 11 is 0. The molecular formula is C14H25NO4. The lowest BCUT2D eigenvalue weighted by Gasteiger charge is -2.30. The van der Waals surface area contributed by atoms with Crippen LogP contribution in [0.4, 0.5) is 0 Å². The van der Waals surface area contributed by atoms with Gasteiger partial charge in [-0.2, -0.15) is 0 Å². The van der Waals surface area contributed by atoms with E-state index in [1.54, 1.807) is 0 Å². The van der Waals surface area contributed by atoms with Gasteiger partial charge in [-0.15, -0.1) is 0 Å². The first kappa shape index (κ1) is 16.0. The Bertz CT molecular complexity index is 325. The maximum Gasteiger partial charge on any atom is 0.329 e. The van der Waals surface area contributed by atoms with Gasteiger partial charge >= 0.3 is 5.97 Å². The molecule has 0 radical (unpaired) electrons. The van der Waals surface area contributed by atoms with Crippen LogP contribution in [0.15, 0.2) is 0 Å². The fourth-order valence-electron chi connectivity index (χ4n) is 2.31. The normalized spacial score (nSPS) is 19.5. The lowest BCUT2D eigenvalue weighted by molar-refractivity contribution is -0.150. The molecule has 5 heteroatoms. The number of aliphatic carboxylic acids is 1. The van der Waals surface area contributed by atoms with Gasteiger partial charge in [-0.05, 0) is 33.6 Å². The van der Waals surface area contributed by atoms with Gasteiger partial charge in [-0.1, -0.05) is 25.7 Å². The zero-order valence-electron chi connectivity index (χ0n) is 12.1. The molecule has 1 aliphatic rings. The number of carboxylic acids is 1. The minimum atomic E-state index is -1.10. The second-order valence-electron chi connectivity index (χ2n) is 6.25. The van der Waals surface area contributed by atoms with E-state index in [1.165, 1.54) is 0 Å². The van der Waals surface area contributed by atoms with Crippen LogP contribution >= 0.6 is 0 Å². The summed E-state index contributed by atoms with van der Waals surface area (Å²) in [5, 5.41) is 12.1. The summed E-state index contributed by atoms with van der Waals surface area (Å²) in [6.45, 7) is 5.48. The van der Waals surface area contributed by atoms with Crippen LogP contribution in [0.25, 0.3) is 0 Å². The molecule has 0 aromatic carbocycles. The van der Waals surface area contributed by atoms with Crippen molar-refractivity contribution >= 4 is 11.9 Å². The van der Waals surface area contributed by atoms with Crippen LogP contribution in [0.2, 0.25) is 0 Å². The summed E-state index contributed by atoms with van der Waals surface area (Å²) in [4.78, 5) is 23.4. The SMILES string of the molecule is CC(C)(C)OCC(=O)NC1(C(=O)O)CCCCCC1. The van der Waals surface area contributed by atoms with Crippen molar-refractivity contribution in [2.24, 2.45) is 0 Å². The van der Waals surface area contributed by atoms with E-state index in [-0.39, 0.29) is 12.5 Å². The maximum absolute atomic E-state index is 11.9. The van der Waals surface area contributed by atoms with E-state index in [9.17, 15) is 14.7 Å². The number of carbonyl (C=O) groups excluding carboxylic acids is 1. The maximum atomic E-state index is 11.9.